The fraction of sp³-hybridized carbons (Fsp3) is 0.375. The number of rotatable bonds is 8. The molecule has 0 aliphatic carbocycles. The van der Waals surface area contributed by atoms with Gasteiger partial charge in [0.05, 0.1) is 24.9 Å². The van der Waals surface area contributed by atoms with E-state index in [2.05, 4.69) is 10.2 Å². The average Bonchev–Trinajstić information content (AvgIpc) is 3.60. The average molecular weight is 513 g/mol. The van der Waals surface area contributed by atoms with Crippen molar-refractivity contribution in [2.24, 2.45) is 0 Å². The van der Waals surface area contributed by atoms with Gasteiger partial charge >= 0.3 is 5.69 Å². The minimum absolute atomic E-state index is 0.0291. The van der Waals surface area contributed by atoms with Crippen LogP contribution in [0, 0.1) is 12.7 Å². The zero-order chi connectivity index (χ0) is 25.4. The number of carbonyl (C=O) groups excluding carboxylic acids is 1. The first-order chi connectivity index (χ1) is 17.4. The van der Waals surface area contributed by atoms with E-state index in [0.717, 1.165) is 6.42 Å². The van der Waals surface area contributed by atoms with Crippen molar-refractivity contribution in [2.45, 2.75) is 39.3 Å². The summed E-state index contributed by atoms with van der Waals surface area (Å²) in [4.78, 5) is 42.9. The highest BCUT2D eigenvalue weighted by atomic mass is 32.1. The van der Waals surface area contributed by atoms with E-state index in [-0.39, 0.29) is 25.5 Å². The van der Waals surface area contributed by atoms with Gasteiger partial charge in [0.1, 0.15) is 21.4 Å². The fourth-order valence-corrected chi connectivity index (χ4v) is 5.86. The third-order valence-electron chi connectivity index (χ3n) is 6.48. The van der Waals surface area contributed by atoms with E-state index in [1.165, 1.54) is 44.5 Å². The number of halogens is 1. The number of ether oxygens (including phenoxy) is 1. The molecular weight excluding hydrogens is 487 g/mol. The summed E-state index contributed by atoms with van der Waals surface area (Å²) in [6.07, 6.45) is 4.65. The van der Waals surface area contributed by atoms with Crippen molar-refractivity contribution < 1.29 is 13.9 Å². The van der Waals surface area contributed by atoms with Gasteiger partial charge in [-0.1, -0.05) is 11.3 Å². The van der Waals surface area contributed by atoms with E-state index in [1.807, 2.05) is 0 Å². The molecule has 1 aromatic carbocycles. The van der Waals surface area contributed by atoms with Crippen LogP contribution in [-0.2, 0) is 24.3 Å². The molecule has 0 atom stereocenters. The molecule has 1 saturated heterocycles. The van der Waals surface area contributed by atoms with Gasteiger partial charge < -0.3 is 9.64 Å². The molecule has 0 saturated carbocycles. The molecule has 5 rings (SSSR count). The lowest BCUT2D eigenvalue weighted by Gasteiger charge is -2.17. The largest absolute Gasteiger partial charge is 0.496 e. The van der Waals surface area contributed by atoms with Gasteiger partial charge in [-0.2, -0.15) is 10.2 Å². The summed E-state index contributed by atoms with van der Waals surface area (Å²) in [6, 6.07) is 4.25. The maximum absolute atomic E-state index is 13.9. The third kappa shape index (κ3) is 4.21. The molecule has 12 heteroatoms. The van der Waals surface area contributed by atoms with Crippen molar-refractivity contribution in [3.63, 3.8) is 0 Å². The van der Waals surface area contributed by atoms with E-state index < -0.39 is 17.1 Å². The van der Waals surface area contributed by atoms with Gasteiger partial charge in [-0.3, -0.25) is 18.7 Å². The van der Waals surface area contributed by atoms with E-state index in [4.69, 9.17) is 4.74 Å². The first-order valence-corrected chi connectivity index (χ1v) is 12.4. The minimum atomic E-state index is -0.476. The van der Waals surface area contributed by atoms with E-state index >= 15 is 0 Å². The first-order valence-electron chi connectivity index (χ1n) is 11.6. The van der Waals surface area contributed by atoms with Crippen molar-refractivity contribution in [3.05, 3.63) is 68.4 Å². The van der Waals surface area contributed by atoms with Gasteiger partial charge in [0, 0.05) is 38.2 Å². The van der Waals surface area contributed by atoms with Crippen LogP contribution in [0.1, 0.15) is 24.0 Å². The Bertz CT molecular complexity index is 1560. The monoisotopic (exact) mass is 512 g/mol. The normalized spacial score (nSPS) is 13.8. The van der Waals surface area contributed by atoms with Gasteiger partial charge in [0.2, 0.25) is 5.91 Å². The Balaban J connectivity index is 1.61. The van der Waals surface area contributed by atoms with E-state index in [0.29, 0.717) is 51.5 Å². The molecule has 0 radical (unpaired) electrons. The predicted molar refractivity (Wildman–Crippen MR) is 132 cm³/mol. The number of likely N-dealkylation sites (tertiary alicyclic amines) is 1. The van der Waals surface area contributed by atoms with Crippen LogP contribution in [0.3, 0.4) is 0 Å². The summed E-state index contributed by atoms with van der Waals surface area (Å²) in [7, 11) is 1.51. The molecular formula is C24H25FN6O4S. The summed E-state index contributed by atoms with van der Waals surface area (Å²) in [5.41, 5.74) is 0.392. The Hall–Kier alpha value is -3.80. The van der Waals surface area contributed by atoms with Crippen LogP contribution in [0.5, 0.6) is 5.75 Å². The predicted octanol–water partition coefficient (Wildman–Crippen LogP) is 2.13. The Kier molecular flexibility index (Phi) is 6.44. The standard InChI is InChI=1S/C24H25FN6O4S/c1-15-20-21(33)29(13-12-28-10-3-4-19(28)32)24(34)30(23(20)36-22(15)31-26-8-9-27-31)11-7-16-14-17(25)5-6-18(16)35-2/h5-6,8-9,14H,3-4,7,10-13H2,1-2H3. The highest BCUT2D eigenvalue weighted by Crippen LogP contribution is 2.30. The Morgan fingerprint density at radius 2 is 1.86 bits per heavy atom. The first kappa shape index (κ1) is 23.9. The summed E-state index contributed by atoms with van der Waals surface area (Å²) in [5.74, 6) is 0.148. The van der Waals surface area contributed by atoms with Crippen LogP contribution in [0.15, 0.2) is 40.2 Å². The van der Waals surface area contributed by atoms with Crippen LogP contribution in [0.2, 0.25) is 0 Å². The van der Waals surface area contributed by atoms with Crippen LogP contribution in [-0.4, -0.2) is 55.1 Å². The number of fused-ring (bicyclic) bond motifs is 1. The van der Waals surface area contributed by atoms with E-state index in [1.54, 1.807) is 30.3 Å². The summed E-state index contributed by atoms with van der Waals surface area (Å²) in [5, 5.41) is 9.42. The minimum Gasteiger partial charge on any atom is -0.496 e. The lowest BCUT2D eigenvalue weighted by molar-refractivity contribution is -0.127. The molecule has 1 aliphatic rings. The highest BCUT2D eigenvalue weighted by molar-refractivity contribution is 7.21. The smallest absolute Gasteiger partial charge is 0.332 e. The van der Waals surface area contributed by atoms with Crippen molar-refractivity contribution in [1.29, 1.82) is 0 Å². The molecule has 0 spiro atoms. The number of amides is 1. The lowest BCUT2D eigenvalue weighted by Crippen LogP contribution is -2.43. The van der Waals surface area contributed by atoms with Gasteiger partial charge in [-0.15, -0.1) is 4.80 Å². The Morgan fingerprint density at radius 1 is 1.08 bits per heavy atom. The maximum atomic E-state index is 13.9. The van der Waals surface area contributed by atoms with Gasteiger partial charge in [0.25, 0.3) is 5.56 Å². The summed E-state index contributed by atoms with van der Waals surface area (Å²) >= 11 is 1.26. The van der Waals surface area contributed by atoms with Gasteiger partial charge in [0.15, 0.2) is 0 Å². The number of thiophene rings is 1. The quantitative estimate of drug-likeness (QED) is 0.358. The van der Waals surface area contributed by atoms with Gasteiger partial charge in [-0.25, -0.2) is 9.18 Å². The number of carbonyl (C=O) groups is 1. The Labute approximate surface area is 209 Å². The van der Waals surface area contributed by atoms with Crippen LogP contribution >= 0.6 is 11.3 Å². The third-order valence-corrected chi connectivity index (χ3v) is 7.76. The van der Waals surface area contributed by atoms with E-state index in [9.17, 15) is 18.8 Å². The molecule has 1 aliphatic heterocycles. The molecule has 1 fully saturated rings. The van der Waals surface area contributed by atoms with Crippen LogP contribution in [0.25, 0.3) is 15.2 Å². The number of hydrogen-bond donors (Lipinski definition) is 0. The molecule has 4 heterocycles. The second-order valence-electron chi connectivity index (χ2n) is 8.61. The molecule has 0 bridgehead atoms. The number of aromatic nitrogens is 5. The molecule has 0 unspecified atom stereocenters. The molecule has 36 heavy (non-hydrogen) atoms. The number of nitrogens with zero attached hydrogens (tertiary/aromatic N) is 6. The molecule has 4 aromatic rings. The highest BCUT2D eigenvalue weighted by Gasteiger charge is 2.24. The molecule has 188 valence electrons. The summed E-state index contributed by atoms with van der Waals surface area (Å²) in [6.45, 7) is 3.00. The Morgan fingerprint density at radius 3 is 2.56 bits per heavy atom. The zero-order valence-electron chi connectivity index (χ0n) is 19.9. The van der Waals surface area contributed by atoms with Crippen molar-refractivity contribution in [1.82, 2.24) is 29.0 Å². The topological polar surface area (TPSA) is 104 Å². The molecule has 0 N–H and O–H groups in total. The number of hydrogen-bond acceptors (Lipinski definition) is 7. The molecule has 1 amide bonds. The second kappa shape index (κ2) is 9.69. The van der Waals surface area contributed by atoms with Crippen molar-refractivity contribution in [2.75, 3.05) is 20.2 Å². The second-order valence-corrected chi connectivity index (χ2v) is 9.59. The van der Waals surface area contributed by atoms with Gasteiger partial charge in [-0.05, 0) is 43.5 Å². The van der Waals surface area contributed by atoms with Crippen LogP contribution < -0.4 is 16.0 Å². The van der Waals surface area contributed by atoms with Crippen molar-refractivity contribution >= 4 is 27.5 Å². The van der Waals surface area contributed by atoms with Crippen molar-refractivity contribution in [3.8, 4) is 10.8 Å². The fourth-order valence-electron chi connectivity index (χ4n) is 4.62. The molecule has 3 aromatic heterocycles. The maximum Gasteiger partial charge on any atom is 0.332 e. The zero-order valence-corrected chi connectivity index (χ0v) is 20.8. The lowest BCUT2D eigenvalue weighted by atomic mass is 10.1. The summed E-state index contributed by atoms with van der Waals surface area (Å²) < 4.78 is 22.0. The van der Waals surface area contributed by atoms with Crippen LogP contribution in [0.4, 0.5) is 4.39 Å². The molecule has 10 nitrogen and oxygen atoms in total. The number of benzene rings is 1. The number of methoxy groups -OCH3 is 1. The number of aryl methyl sites for hydroxylation is 3. The SMILES string of the molecule is COc1ccc(F)cc1CCn1c(=O)n(CCN2CCCC2=O)c(=O)c2c(C)c(-n3nccn3)sc21.